The Kier molecular flexibility index (Phi) is 13.4. The van der Waals surface area contributed by atoms with E-state index in [4.69, 9.17) is 19.7 Å². The van der Waals surface area contributed by atoms with Crippen LogP contribution in [-0.2, 0) is 9.47 Å². The van der Waals surface area contributed by atoms with Crippen LogP contribution in [0.15, 0.2) is 36.4 Å². The van der Waals surface area contributed by atoms with Crippen LogP contribution >= 0.6 is 0 Å². The number of aliphatic hydroxyl groups is 2. The fourth-order valence-corrected chi connectivity index (χ4v) is 4.37. The molecule has 2 aromatic rings. The van der Waals surface area contributed by atoms with Crippen LogP contribution in [0.1, 0.15) is 44.7 Å². The Bertz CT molecular complexity index is 956. The molecule has 0 bridgehead atoms. The summed E-state index contributed by atoms with van der Waals surface area (Å²) in [7, 11) is 4.17. The molecule has 0 spiro atoms. The topological polar surface area (TPSA) is 117 Å². The molecular formula is C28H38B2N2O6. The van der Waals surface area contributed by atoms with Gasteiger partial charge in [-0.15, -0.1) is 0 Å². The summed E-state index contributed by atoms with van der Waals surface area (Å²) in [5.41, 5.74) is 3.05. The number of ketones is 2. The number of carbonyl (C=O) groups excluding carboxylic acids is 2. The van der Waals surface area contributed by atoms with Gasteiger partial charge in [-0.3, -0.25) is 9.59 Å². The Balaban J connectivity index is 1.60. The molecule has 0 saturated carbocycles. The molecule has 4 N–H and O–H groups in total. The first kappa shape index (κ1) is 29.9. The maximum absolute atomic E-state index is 13.5. The summed E-state index contributed by atoms with van der Waals surface area (Å²) in [6.07, 6.45) is 4.85. The third kappa shape index (κ3) is 8.70. The Hall–Kier alpha value is -2.65. The average molecular weight is 520 g/mol. The van der Waals surface area contributed by atoms with E-state index in [0.717, 1.165) is 31.8 Å². The second-order valence-electron chi connectivity index (χ2n) is 9.08. The molecule has 2 radical (unpaired) electrons. The Labute approximate surface area is 227 Å². The molecule has 0 aliphatic heterocycles. The van der Waals surface area contributed by atoms with Crippen LogP contribution in [0.4, 0.5) is 11.4 Å². The van der Waals surface area contributed by atoms with Crippen molar-refractivity contribution in [1.82, 2.24) is 0 Å². The highest BCUT2D eigenvalue weighted by Gasteiger charge is 2.33. The van der Waals surface area contributed by atoms with Crippen molar-refractivity contribution in [3.63, 3.8) is 0 Å². The summed E-state index contributed by atoms with van der Waals surface area (Å²) in [5, 5.41) is 24.3. The second kappa shape index (κ2) is 17.0. The van der Waals surface area contributed by atoms with E-state index in [-0.39, 0.29) is 24.8 Å². The third-order valence-corrected chi connectivity index (χ3v) is 6.26. The van der Waals surface area contributed by atoms with Crippen molar-refractivity contribution in [2.24, 2.45) is 0 Å². The van der Waals surface area contributed by atoms with Crippen molar-refractivity contribution in [3.8, 4) is 0 Å². The quantitative estimate of drug-likeness (QED) is 0.133. The molecule has 38 heavy (non-hydrogen) atoms. The monoisotopic (exact) mass is 520 g/mol. The number of rotatable bonds is 20. The molecule has 0 fully saturated rings. The molecule has 10 heteroatoms. The van der Waals surface area contributed by atoms with E-state index in [1.54, 1.807) is 24.3 Å². The minimum Gasteiger partial charge on any atom is -0.397 e. The molecule has 1 aliphatic rings. The molecule has 0 amide bonds. The van der Waals surface area contributed by atoms with Crippen molar-refractivity contribution < 1.29 is 29.3 Å². The van der Waals surface area contributed by atoms with E-state index in [2.05, 4.69) is 17.9 Å². The number of fused-ring (bicyclic) bond motifs is 2. The largest absolute Gasteiger partial charge is 0.397 e. The summed E-state index contributed by atoms with van der Waals surface area (Å²) in [6, 6.07) is 10.7. The Morgan fingerprint density at radius 2 is 1.18 bits per heavy atom. The number of hydrogen-bond acceptors (Lipinski definition) is 8. The molecule has 0 saturated heterocycles. The number of nitrogens with one attached hydrogen (secondary N) is 2. The zero-order chi connectivity index (χ0) is 27.0. The van der Waals surface area contributed by atoms with Crippen LogP contribution in [0.3, 0.4) is 0 Å². The molecule has 1 aliphatic carbocycles. The van der Waals surface area contributed by atoms with Crippen LogP contribution in [0.2, 0.25) is 25.3 Å². The van der Waals surface area contributed by atoms with Gasteiger partial charge in [0.05, 0.1) is 24.3 Å². The number of aliphatic hydroxyl groups excluding tert-OH is 2. The standard InChI is InChI=1S/C28H38B2N2O6/c33-15-10-30-12-18-37-17-4-14-32-24-8-7-23(31-13-3-9-29-11-19-38-20-16-34)25-26(24)28(36)22-6-2-1-5-21(22)27(25)35/h1-2,5-8,31-34H,3-4,9-20H2. The lowest BCUT2D eigenvalue weighted by Gasteiger charge is -2.24. The number of anilines is 2. The second-order valence-corrected chi connectivity index (χ2v) is 9.08. The maximum atomic E-state index is 13.5. The highest BCUT2D eigenvalue weighted by molar-refractivity contribution is 6.35. The molecular weight excluding hydrogens is 482 g/mol. The lowest BCUT2D eigenvalue weighted by Crippen LogP contribution is -2.24. The van der Waals surface area contributed by atoms with E-state index in [0.29, 0.717) is 79.5 Å². The lowest BCUT2D eigenvalue weighted by molar-refractivity contribution is 0.0980. The van der Waals surface area contributed by atoms with Gasteiger partial charge in [0.1, 0.15) is 14.6 Å². The normalized spacial score (nSPS) is 12.2. The van der Waals surface area contributed by atoms with Gasteiger partial charge in [-0.1, -0.05) is 49.5 Å². The SMILES string of the molecule is O=C1c2ccccc2C(=O)c2c(NCCCOCC[B]CCO)ccc(NCCC[B]CCOCCO)c21. The molecule has 0 heterocycles. The number of carbonyl (C=O) groups is 2. The first-order valence-corrected chi connectivity index (χ1v) is 13.5. The van der Waals surface area contributed by atoms with Crippen molar-refractivity contribution >= 4 is 37.5 Å². The van der Waals surface area contributed by atoms with Crippen molar-refractivity contribution in [2.75, 3.05) is 63.4 Å². The number of ether oxygens (including phenoxy) is 2. The molecule has 0 aromatic heterocycles. The van der Waals surface area contributed by atoms with Crippen molar-refractivity contribution in [3.05, 3.63) is 58.7 Å². The van der Waals surface area contributed by atoms with E-state index < -0.39 is 0 Å². The van der Waals surface area contributed by atoms with E-state index >= 15 is 0 Å². The van der Waals surface area contributed by atoms with E-state index in [1.807, 2.05) is 19.4 Å². The summed E-state index contributed by atoms with van der Waals surface area (Å²) in [4.78, 5) is 27.0. The maximum Gasteiger partial charge on any atom is 0.196 e. The molecule has 8 nitrogen and oxygen atoms in total. The summed E-state index contributed by atoms with van der Waals surface area (Å²) >= 11 is 0. The Morgan fingerprint density at radius 1 is 0.632 bits per heavy atom. The summed E-state index contributed by atoms with van der Waals surface area (Å²) in [5.74, 6) is -0.287. The van der Waals surface area contributed by atoms with Gasteiger partial charge >= 0.3 is 0 Å². The van der Waals surface area contributed by atoms with Gasteiger partial charge in [-0.05, 0) is 25.0 Å². The lowest BCUT2D eigenvalue weighted by atomic mass is 9.70. The predicted molar refractivity (Wildman–Crippen MR) is 153 cm³/mol. The molecule has 3 rings (SSSR count). The Morgan fingerprint density at radius 3 is 1.76 bits per heavy atom. The zero-order valence-electron chi connectivity index (χ0n) is 22.0. The van der Waals surface area contributed by atoms with E-state index in [9.17, 15) is 9.59 Å². The van der Waals surface area contributed by atoms with Gasteiger partial charge in [-0.2, -0.15) is 0 Å². The summed E-state index contributed by atoms with van der Waals surface area (Å²) < 4.78 is 10.9. The first-order chi connectivity index (χ1) is 18.7. The number of benzene rings is 2. The first-order valence-electron chi connectivity index (χ1n) is 13.5. The van der Waals surface area contributed by atoms with Gasteiger partial charge in [0.15, 0.2) is 11.6 Å². The molecule has 0 atom stereocenters. The molecule has 0 unspecified atom stereocenters. The van der Waals surface area contributed by atoms with Crippen LogP contribution < -0.4 is 10.6 Å². The van der Waals surface area contributed by atoms with Gasteiger partial charge in [0.2, 0.25) is 0 Å². The van der Waals surface area contributed by atoms with Crippen LogP contribution in [0.5, 0.6) is 0 Å². The van der Waals surface area contributed by atoms with Crippen LogP contribution in [0.25, 0.3) is 0 Å². The van der Waals surface area contributed by atoms with Crippen LogP contribution in [-0.4, -0.2) is 89.1 Å². The smallest absolute Gasteiger partial charge is 0.196 e. The predicted octanol–water partition coefficient (Wildman–Crippen LogP) is 3.17. The van der Waals surface area contributed by atoms with Crippen molar-refractivity contribution in [1.29, 1.82) is 0 Å². The number of hydrogen-bond donors (Lipinski definition) is 4. The fourth-order valence-electron chi connectivity index (χ4n) is 4.37. The summed E-state index contributed by atoms with van der Waals surface area (Å²) in [6.45, 7) is 3.64. The highest BCUT2D eigenvalue weighted by Crippen LogP contribution is 2.36. The van der Waals surface area contributed by atoms with Crippen molar-refractivity contribution in [2.45, 2.75) is 38.1 Å². The fraction of sp³-hybridized carbons (Fsp3) is 0.500. The zero-order valence-corrected chi connectivity index (χ0v) is 22.0. The molecule has 202 valence electrons. The van der Waals surface area contributed by atoms with Crippen LogP contribution in [0, 0.1) is 0 Å². The van der Waals surface area contributed by atoms with Gasteiger partial charge in [-0.25, -0.2) is 0 Å². The highest BCUT2D eigenvalue weighted by atomic mass is 16.5. The molecule has 2 aromatic carbocycles. The van der Waals surface area contributed by atoms with Gasteiger partial charge in [0.25, 0.3) is 0 Å². The van der Waals surface area contributed by atoms with Gasteiger partial charge < -0.3 is 30.3 Å². The minimum absolute atomic E-state index is 0.0361. The third-order valence-electron chi connectivity index (χ3n) is 6.26. The average Bonchev–Trinajstić information content (AvgIpc) is 2.94. The minimum atomic E-state index is -0.145. The van der Waals surface area contributed by atoms with E-state index in [1.165, 1.54) is 0 Å². The van der Waals surface area contributed by atoms with Gasteiger partial charge in [0, 0.05) is 62.0 Å².